The molecule has 1 N–H and O–H groups in total. The van der Waals surface area contributed by atoms with E-state index in [0.717, 1.165) is 0 Å². The first-order valence-corrected chi connectivity index (χ1v) is 9.11. The average Bonchev–Trinajstić information content (AvgIpc) is 2.76. The molecule has 0 fully saturated rings. The molecule has 0 saturated heterocycles. The molecule has 2 aromatic carbocycles. The van der Waals surface area contributed by atoms with Crippen molar-refractivity contribution < 1.29 is 14.3 Å². The predicted molar refractivity (Wildman–Crippen MR) is 110 cm³/mol. The van der Waals surface area contributed by atoms with E-state index in [1.807, 2.05) is 18.2 Å². The molecule has 1 aromatic heterocycles. The highest BCUT2D eigenvalue weighted by molar-refractivity contribution is 5.77. The van der Waals surface area contributed by atoms with Crippen molar-refractivity contribution in [3.05, 3.63) is 65.2 Å². The number of fused-ring (bicyclic) bond motifs is 1. The SMILES string of the molecule is COc1ccccc1OCC#CCNC(=O)CCn1cnc2ccccc2c1=O. The Bertz CT molecular complexity index is 1110. The van der Waals surface area contributed by atoms with Gasteiger partial charge in [0.1, 0.15) is 6.61 Å². The van der Waals surface area contributed by atoms with Crippen LogP contribution in [0.5, 0.6) is 11.5 Å². The van der Waals surface area contributed by atoms with Crippen LogP contribution in [0.3, 0.4) is 0 Å². The lowest BCUT2D eigenvalue weighted by Crippen LogP contribution is -2.27. The Morgan fingerprint density at radius 3 is 2.69 bits per heavy atom. The lowest BCUT2D eigenvalue weighted by molar-refractivity contribution is -0.121. The number of methoxy groups -OCH3 is 1. The Morgan fingerprint density at radius 2 is 1.86 bits per heavy atom. The first-order chi connectivity index (χ1) is 14.2. The van der Waals surface area contributed by atoms with E-state index in [9.17, 15) is 9.59 Å². The molecule has 0 aliphatic heterocycles. The summed E-state index contributed by atoms with van der Waals surface area (Å²) in [6.07, 6.45) is 1.63. The minimum absolute atomic E-state index is 0.156. The van der Waals surface area contributed by atoms with Crippen LogP contribution in [-0.2, 0) is 11.3 Å². The lowest BCUT2D eigenvalue weighted by Gasteiger charge is -2.07. The number of nitrogens with one attached hydrogen (secondary N) is 1. The largest absolute Gasteiger partial charge is 0.493 e. The zero-order valence-electron chi connectivity index (χ0n) is 16.1. The maximum Gasteiger partial charge on any atom is 0.261 e. The predicted octanol–water partition coefficient (Wildman–Crippen LogP) is 1.99. The van der Waals surface area contributed by atoms with Gasteiger partial charge in [0.05, 0.1) is 30.9 Å². The van der Waals surface area contributed by atoms with Crippen LogP contribution < -0.4 is 20.3 Å². The highest BCUT2D eigenvalue weighted by Gasteiger charge is 2.06. The second-order valence-corrected chi connectivity index (χ2v) is 6.08. The highest BCUT2D eigenvalue weighted by Crippen LogP contribution is 2.25. The fourth-order valence-electron chi connectivity index (χ4n) is 2.68. The van der Waals surface area contributed by atoms with Gasteiger partial charge in [-0.05, 0) is 24.3 Å². The number of nitrogens with zero attached hydrogens (tertiary/aromatic N) is 2. The topological polar surface area (TPSA) is 82.4 Å². The van der Waals surface area contributed by atoms with Crippen LogP contribution in [0.1, 0.15) is 6.42 Å². The summed E-state index contributed by atoms with van der Waals surface area (Å²) in [7, 11) is 1.57. The molecule has 29 heavy (non-hydrogen) atoms. The normalized spacial score (nSPS) is 10.1. The fraction of sp³-hybridized carbons (Fsp3) is 0.227. The van der Waals surface area contributed by atoms with Crippen molar-refractivity contribution in [2.24, 2.45) is 0 Å². The number of hydrogen-bond donors (Lipinski definition) is 1. The second kappa shape index (κ2) is 9.95. The van der Waals surface area contributed by atoms with Gasteiger partial charge in [0.15, 0.2) is 11.5 Å². The van der Waals surface area contributed by atoms with Gasteiger partial charge in [0, 0.05) is 13.0 Å². The van der Waals surface area contributed by atoms with Gasteiger partial charge in [-0.25, -0.2) is 4.98 Å². The van der Waals surface area contributed by atoms with E-state index >= 15 is 0 Å². The Labute approximate surface area is 168 Å². The first-order valence-electron chi connectivity index (χ1n) is 9.11. The summed E-state index contributed by atoms with van der Waals surface area (Å²) >= 11 is 0. The minimum Gasteiger partial charge on any atom is -0.493 e. The number of aromatic nitrogens is 2. The van der Waals surface area contributed by atoms with E-state index in [4.69, 9.17) is 9.47 Å². The standard InChI is InChI=1S/C22H21N3O4/c1-28-19-10-4-5-11-20(19)29-15-7-6-13-23-21(26)12-14-25-16-24-18-9-3-2-8-17(18)22(25)27/h2-5,8-11,16H,12-15H2,1H3,(H,23,26). The first kappa shape index (κ1) is 20.0. The fourth-order valence-corrected chi connectivity index (χ4v) is 2.68. The summed E-state index contributed by atoms with van der Waals surface area (Å²) in [6.45, 7) is 0.653. The molecule has 0 radical (unpaired) electrons. The molecule has 3 aromatic rings. The van der Waals surface area contributed by atoms with E-state index in [0.29, 0.717) is 22.4 Å². The van der Waals surface area contributed by atoms with Gasteiger partial charge >= 0.3 is 0 Å². The molecule has 0 spiro atoms. The van der Waals surface area contributed by atoms with Crippen molar-refractivity contribution in [2.75, 3.05) is 20.3 Å². The van der Waals surface area contributed by atoms with Crippen LogP contribution in [-0.4, -0.2) is 35.7 Å². The number of hydrogen-bond acceptors (Lipinski definition) is 5. The van der Waals surface area contributed by atoms with Gasteiger partial charge in [-0.2, -0.15) is 0 Å². The Morgan fingerprint density at radius 1 is 1.10 bits per heavy atom. The van der Waals surface area contributed by atoms with Crippen LogP contribution in [0.15, 0.2) is 59.7 Å². The number of carbonyl (C=O) groups is 1. The molecular formula is C22H21N3O4. The second-order valence-electron chi connectivity index (χ2n) is 6.08. The monoisotopic (exact) mass is 391 g/mol. The van der Waals surface area contributed by atoms with Crippen molar-refractivity contribution in [2.45, 2.75) is 13.0 Å². The van der Waals surface area contributed by atoms with E-state index in [1.165, 1.54) is 10.9 Å². The Balaban J connectivity index is 1.43. The lowest BCUT2D eigenvalue weighted by atomic mass is 10.2. The van der Waals surface area contributed by atoms with E-state index in [1.54, 1.807) is 37.4 Å². The van der Waals surface area contributed by atoms with Crippen LogP contribution in [0.4, 0.5) is 0 Å². The van der Waals surface area contributed by atoms with Gasteiger partial charge in [0.25, 0.3) is 5.56 Å². The average molecular weight is 391 g/mol. The molecule has 7 nitrogen and oxygen atoms in total. The summed E-state index contributed by atoms with van der Waals surface area (Å²) in [5, 5.41) is 3.24. The molecule has 0 aliphatic carbocycles. The third-order valence-corrected chi connectivity index (χ3v) is 4.18. The molecule has 0 bridgehead atoms. The molecule has 3 rings (SSSR count). The molecule has 0 saturated carbocycles. The summed E-state index contributed by atoms with van der Waals surface area (Å²) in [5.74, 6) is 6.73. The molecule has 0 unspecified atom stereocenters. The highest BCUT2D eigenvalue weighted by atomic mass is 16.5. The minimum atomic E-state index is -0.190. The van der Waals surface area contributed by atoms with Crippen LogP contribution >= 0.6 is 0 Å². The zero-order valence-corrected chi connectivity index (χ0v) is 16.1. The summed E-state index contributed by atoms with van der Waals surface area (Å²) in [5.41, 5.74) is 0.487. The number of benzene rings is 2. The molecule has 1 amide bonds. The number of para-hydroxylation sites is 3. The summed E-state index contributed by atoms with van der Waals surface area (Å²) < 4.78 is 12.2. The zero-order chi connectivity index (χ0) is 20.5. The summed E-state index contributed by atoms with van der Waals surface area (Å²) in [6, 6.07) is 14.4. The maximum atomic E-state index is 12.4. The number of rotatable bonds is 7. The van der Waals surface area contributed by atoms with Crippen LogP contribution in [0, 0.1) is 11.8 Å². The van der Waals surface area contributed by atoms with Gasteiger partial charge < -0.3 is 14.8 Å². The van der Waals surface area contributed by atoms with Crippen LogP contribution in [0.2, 0.25) is 0 Å². The quantitative estimate of drug-likeness (QED) is 0.623. The third kappa shape index (κ3) is 5.36. The molecule has 0 atom stereocenters. The molecular weight excluding hydrogens is 370 g/mol. The number of ether oxygens (including phenoxy) is 2. The van der Waals surface area contributed by atoms with E-state index < -0.39 is 0 Å². The van der Waals surface area contributed by atoms with Crippen molar-refractivity contribution in [3.8, 4) is 23.3 Å². The number of amides is 1. The Hall–Kier alpha value is -3.79. The molecule has 7 heteroatoms. The van der Waals surface area contributed by atoms with Gasteiger partial charge in [-0.15, -0.1) is 0 Å². The maximum absolute atomic E-state index is 12.4. The number of aryl methyl sites for hydroxylation is 1. The van der Waals surface area contributed by atoms with Gasteiger partial charge in [0.2, 0.25) is 5.91 Å². The smallest absolute Gasteiger partial charge is 0.261 e. The molecule has 1 heterocycles. The third-order valence-electron chi connectivity index (χ3n) is 4.18. The van der Waals surface area contributed by atoms with Crippen molar-refractivity contribution in [1.29, 1.82) is 0 Å². The Kier molecular flexibility index (Phi) is 6.85. The molecule has 0 aliphatic rings. The number of carbonyl (C=O) groups excluding carboxylic acids is 1. The van der Waals surface area contributed by atoms with E-state index in [-0.39, 0.29) is 37.6 Å². The van der Waals surface area contributed by atoms with Crippen molar-refractivity contribution in [1.82, 2.24) is 14.9 Å². The van der Waals surface area contributed by atoms with Crippen LogP contribution in [0.25, 0.3) is 10.9 Å². The van der Waals surface area contributed by atoms with Gasteiger partial charge in [-0.1, -0.05) is 36.1 Å². The molecule has 148 valence electrons. The van der Waals surface area contributed by atoms with Gasteiger partial charge in [-0.3, -0.25) is 14.2 Å². The van der Waals surface area contributed by atoms with Crippen molar-refractivity contribution >= 4 is 16.8 Å². The summed E-state index contributed by atoms with van der Waals surface area (Å²) in [4.78, 5) is 28.6. The van der Waals surface area contributed by atoms with E-state index in [2.05, 4.69) is 22.1 Å². The van der Waals surface area contributed by atoms with Crippen molar-refractivity contribution in [3.63, 3.8) is 0 Å².